The molecule has 0 amide bonds. The lowest BCUT2D eigenvalue weighted by Crippen LogP contribution is -2.20. The van der Waals surface area contributed by atoms with Crippen molar-refractivity contribution in [2.24, 2.45) is 11.5 Å². The molecule has 1 atom stereocenters. The van der Waals surface area contributed by atoms with Crippen molar-refractivity contribution in [1.82, 2.24) is 0 Å². The molecular weight excluding hydrogens is 232 g/mol. The molecule has 0 aromatic rings. The van der Waals surface area contributed by atoms with Crippen LogP contribution in [0.1, 0.15) is 96.8 Å². The third-order valence-corrected chi connectivity index (χ3v) is 3.96. The summed E-state index contributed by atoms with van der Waals surface area (Å²) >= 11 is 0. The third-order valence-electron chi connectivity index (χ3n) is 3.96. The molecule has 116 valence electrons. The van der Waals surface area contributed by atoms with E-state index < -0.39 is 0 Å². The minimum Gasteiger partial charge on any atom is -0.330 e. The maximum absolute atomic E-state index is 6.02. The summed E-state index contributed by atoms with van der Waals surface area (Å²) in [5, 5.41) is 0. The molecule has 0 radical (unpaired) electrons. The molecule has 0 bridgehead atoms. The summed E-state index contributed by atoms with van der Waals surface area (Å²) in [7, 11) is 0. The molecule has 2 nitrogen and oxygen atoms in total. The van der Waals surface area contributed by atoms with Gasteiger partial charge in [0, 0.05) is 6.04 Å². The number of rotatable bonds is 15. The average molecular weight is 271 g/mol. The van der Waals surface area contributed by atoms with Crippen molar-refractivity contribution >= 4 is 0 Å². The van der Waals surface area contributed by atoms with Gasteiger partial charge in [-0.1, -0.05) is 77.6 Å². The van der Waals surface area contributed by atoms with Crippen LogP contribution in [0.15, 0.2) is 0 Å². The molecule has 0 rings (SSSR count). The van der Waals surface area contributed by atoms with Crippen molar-refractivity contribution in [2.45, 2.75) is 103 Å². The minimum atomic E-state index is 0.391. The van der Waals surface area contributed by atoms with E-state index in [1.807, 2.05) is 0 Å². The lowest BCUT2D eigenvalue weighted by molar-refractivity contribution is 0.497. The molecule has 0 aliphatic rings. The molecule has 0 aliphatic heterocycles. The van der Waals surface area contributed by atoms with Crippen molar-refractivity contribution in [3.05, 3.63) is 0 Å². The molecule has 0 saturated carbocycles. The second kappa shape index (κ2) is 16.0. The highest BCUT2D eigenvalue weighted by Crippen LogP contribution is 2.12. The van der Waals surface area contributed by atoms with Crippen molar-refractivity contribution in [2.75, 3.05) is 6.54 Å². The highest BCUT2D eigenvalue weighted by atomic mass is 14.6. The van der Waals surface area contributed by atoms with E-state index in [4.69, 9.17) is 11.5 Å². The first kappa shape index (κ1) is 18.9. The van der Waals surface area contributed by atoms with E-state index in [0.717, 1.165) is 19.4 Å². The summed E-state index contributed by atoms with van der Waals surface area (Å²) in [6.45, 7) is 3.06. The topological polar surface area (TPSA) is 52.0 Å². The van der Waals surface area contributed by atoms with Gasteiger partial charge in [0.25, 0.3) is 0 Å². The quantitative estimate of drug-likeness (QED) is 0.422. The van der Waals surface area contributed by atoms with Crippen LogP contribution in [0.2, 0.25) is 0 Å². The Morgan fingerprint density at radius 2 is 1.05 bits per heavy atom. The average Bonchev–Trinajstić information content (AvgIpc) is 2.42. The Kier molecular flexibility index (Phi) is 15.9. The predicted molar refractivity (Wildman–Crippen MR) is 87.3 cm³/mol. The lowest BCUT2D eigenvalue weighted by atomic mass is 10.0. The van der Waals surface area contributed by atoms with Gasteiger partial charge in [-0.05, 0) is 25.8 Å². The molecule has 2 heteroatoms. The van der Waals surface area contributed by atoms with Gasteiger partial charge in [0.15, 0.2) is 0 Å². The van der Waals surface area contributed by atoms with Crippen LogP contribution in [0.25, 0.3) is 0 Å². The SMILES string of the molecule is CCCCCCCCCCCCCC(N)CCCN. The highest BCUT2D eigenvalue weighted by Gasteiger charge is 2.01. The standard InChI is InChI=1S/C17H38N2/c1-2-3-4-5-6-7-8-9-10-11-12-14-17(19)15-13-16-18/h17H,2-16,18-19H2,1H3. The molecule has 0 aliphatic carbocycles. The lowest BCUT2D eigenvalue weighted by Gasteiger charge is -2.10. The predicted octanol–water partition coefficient (Wildman–Crippen LogP) is 4.75. The Morgan fingerprint density at radius 1 is 0.632 bits per heavy atom. The van der Waals surface area contributed by atoms with Gasteiger partial charge in [0.1, 0.15) is 0 Å². The fourth-order valence-corrected chi connectivity index (χ4v) is 2.60. The first-order valence-electron chi connectivity index (χ1n) is 8.77. The maximum Gasteiger partial charge on any atom is 0.00392 e. The van der Waals surface area contributed by atoms with Crippen LogP contribution >= 0.6 is 0 Å². The number of nitrogens with two attached hydrogens (primary N) is 2. The van der Waals surface area contributed by atoms with E-state index in [-0.39, 0.29) is 0 Å². The van der Waals surface area contributed by atoms with Gasteiger partial charge in [0.2, 0.25) is 0 Å². The fraction of sp³-hybridized carbons (Fsp3) is 1.00. The van der Waals surface area contributed by atoms with Crippen molar-refractivity contribution in [3.8, 4) is 0 Å². The largest absolute Gasteiger partial charge is 0.330 e. The number of hydrogen-bond donors (Lipinski definition) is 2. The van der Waals surface area contributed by atoms with Crippen LogP contribution in [-0.2, 0) is 0 Å². The van der Waals surface area contributed by atoms with E-state index in [2.05, 4.69) is 6.92 Å². The van der Waals surface area contributed by atoms with E-state index in [1.54, 1.807) is 0 Å². The zero-order valence-corrected chi connectivity index (χ0v) is 13.3. The first-order valence-corrected chi connectivity index (χ1v) is 8.77. The molecule has 0 aromatic heterocycles. The van der Waals surface area contributed by atoms with Gasteiger partial charge < -0.3 is 11.5 Å². The van der Waals surface area contributed by atoms with Gasteiger partial charge in [-0.25, -0.2) is 0 Å². The van der Waals surface area contributed by atoms with Crippen LogP contribution in [0.3, 0.4) is 0 Å². The number of hydrogen-bond acceptors (Lipinski definition) is 2. The van der Waals surface area contributed by atoms with Gasteiger partial charge >= 0.3 is 0 Å². The molecule has 0 fully saturated rings. The molecule has 0 spiro atoms. The second-order valence-electron chi connectivity index (χ2n) is 6.02. The van der Waals surface area contributed by atoms with Gasteiger partial charge in [-0.15, -0.1) is 0 Å². The van der Waals surface area contributed by atoms with Crippen LogP contribution < -0.4 is 11.5 Å². The van der Waals surface area contributed by atoms with Gasteiger partial charge in [0.05, 0.1) is 0 Å². The summed E-state index contributed by atoms with van der Waals surface area (Å²) in [4.78, 5) is 0. The second-order valence-corrected chi connectivity index (χ2v) is 6.02. The van der Waals surface area contributed by atoms with E-state index >= 15 is 0 Å². The monoisotopic (exact) mass is 270 g/mol. The Bertz CT molecular complexity index is 159. The van der Waals surface area contributed by atoms with Crippen LogP contribution in [0, 0.1) is 0 Å². The zero-order chi connectivity index (χ0) is 14.2. The van der Waals surface area contributed by atoms with Crippen LogP contribution in [-0.4, -0.2) is 12.6 Å². The molecule has 0 heterocycles. The van der Waals surface area contributed by atoms with E-state index in [0.29, 0.717) is 6.04 Å². The Hall–Kier alpha value is -0.0800. The molecule has 1 unspecified atom stereocenters. The van der Waals surface area contributed by atoms with Crippen molar-refractivity contribution < 1.29 is 0 Å². The molecule has 0 aromatic carbocycles. The van der Waals surface area contributed by atoms with Gasteiger partial charge in [-0.3, -0.25) is 0 Å². The first-order chi connectivity index (χ1) is 9.31. The third kappa shape index (κ3) is 15.9. The molecular formula is C17H38N2. The summed E-state index contributed by atoms with van der Waals surface area (Å²) < 4.78 is 0. The summed E-state index contributed by atoms with van der Waals surface area (Å²) in [6, 6.07) is 0.391. The smallest absolute Gasteiger partial charge is 0.00392 e. The van der Waals surface area contributed by atoms with E-state index in [9.17, 15) is 0 Å². The van der Waals surface area contributed by atoms with Crippen LogP contribution in [0.4, 0.5) is 0 Å². The Labute approximate surface area is 121 Å². The van der Waals surface area contributed by atoms with Crippen molar-refractivity contribution in [1.29, 1.82) is 0 Å². The zero-order valence-electron chi connectivity index (χ0n) is 13.3. The summed E-state index contributed by atoms with van der Waals surface area (Å²) in [6.07, 6.45) is 18.9. The summed E-state index contributed by atoms with van der Waals surface area (Å²) in [5.74, 6) is 0. The Balaban J connectivity index is 3.02. The molecule has 19 heavy (non-hydrogen) atoms. The molecule has 0 saturated heterocycles. The maximum atomic E-state index is 6.02. The normalized spacial score (nSPS) is 12.8. The summed E-state index contributed by atoms with van der Waals surface area (Å²) in [5.41, 5.74) is 11.5. The Morgan fingerprint density at radius 3 is 1.53 bits per heavy atom. The molecule has 4 N–H and O–H groups in total. The minimum absolute atomic E-state index is 0.391. The number of unbranched alkanes of at least 4 members (excludes halogenated alkanes) is 10. The van der Waals surface area contributed by atoms with Gasteiger partial charge in [-0.2, -0.15) is 0 Å². The van der Waals surface area contributed by atoms with Crippen molar-refractivity contribution in [3.63, 3.8) is 0 Å². The van der Waals surface area contributed by atoms with E-state index in [1.165, 1.54) is 77.0 Å². The highest BCUT2D eigenvalue weighted by molar-refractivity contribution is 4.61. The fourth-order valence-electron chi connectivity index (χ4n) is 2.60. The van der Waals surface area contributed by atoms with Crippen LogP contribution in [0.5, 0.6) is 0 Å².